The highest BCUT2D eigenvalue weighted by Gasteiger charge is 2.09. The number of phenolic OH excluding ortho intramolecular Hbond substituents is 1. The number of amides is 1. The minimum atomic E-state index is -0.270. The molecule has 0 atom stereocenters. The van der Waals surface area contributed by atoms with Crippen LogP contribution < -0.4 is 19.6 Å². The first kappa shape index (κ1) is 19.8. The molecule has 0 fully saturated rings. The maximum absolute atomic E-state index is 12.0. The Labute approximate surface area is 165 Å². The Kier molecular flexibility index (Phi) is 7.07. The number of carbonyl (C=O) groups excluding carboxylic acids is 1. The molecule has 2 aromatic carbocycles. The molecule has 0 aromatic heterocycles. The van der Waals surface area contributed by atoms with Crippen molar-refractivity contribution in [3.63, 3.8) is 0 Å². The van der Waals surface area contributed by atoms with Crippen molar-refractivity contribution < 1.29 is 24.1 Å². The average Bonchev–Trinajstić information content (AvgIpc) is 2.64. The smallest absolute Gasteiger partial charge is 0.244 e. The fourth-order valence-electron chi connectivity index (χ4n) is 2.22. The van der Waals surface area contributed by atoms with Crippen molar-refractivity contribution in [3.8, 4) is 23.0 Å². The molecule has 2 rings (SSSR count). The minimum absolute atomic E-state index is 0.0720. The largest absolute Gasteiger partial charge is 0.504 e. The van der Waals surface area contributed by atoms with Gasteiger partial charge in [-0.05, 0) is 58.0 Å². The number of aromatic hydroxyl groups is 1. The van der Waals surface area contributed by atoms with Gasteiger partial charge in [-0.2, -0.15) is 5.10 Å². The fourth-order valence-corrected chi connectivity index (χ4v) is 2.84. The molecule has 8 heteroatoms. The van der Waals surface area contributed by atoms with Crippen LogP contribution in [0.2, 0.25) is 0 Å². The van der Waals surface area contributed by atoms with Crippen molar-refractivity contribution in [2.45, 2.75) is 6.42 Å². The molecular formula is C18H19IN2O5. The van der Waals surface area contributed by atoms with Crippen LogP contribution in [0.1, 0.15) is 11.1 Å². The van der Waals surface area contributed by atoms with Gasteiger partial charge in [0, 0.05) is 0 Å². The summed E-state index contributed by atoms with van der Waals surface area (Å²) in [6, 6.07) is 8.63. The number of hydrazone groups is 1. The summed E-state index contributed by atoms with van der Waals surface area (Å²) in [6.07, 6.45) is 1.63. The number of phenols is 1. The highest BCUT2D eigenvalue weighted by atomic mass is 127. The molecule has 0 heterocycles. The van der Waals surface area contributed by atoms with Gasteiger partial charge in [-0.1, -0.05) is 6.07 Å². The van der Waals surface area contributed by atoms with E-state index in [-0.39, 0.29) is 18.1 Å². The third-order valence-corrected chi connectivity index (χ3v) is 4.31. The Morgan fingerprint density at radius 1 is 1.12 bits per heavy atom. The van der Waals surface area contributed by atoms with E-state index in [1.165, 1.54) is 13.3 Å². The van der Waals surface area contributed by atoms with Crippen molar-refractivity contribution in [3.05, 3.63) is 45.0 Å². The van der Waals surface area contributed by atoms with Crippen molar-refractivity contribution in [2.24, 2.45) is 5.10 Å². The van der Waals surface area contributed by atoms with Crippen LogP contribution in [0.4, 0.5) is 0 Å². The highest BCUT2D eigenvalue weighted by molar-refractivity contribution is 14.1. The van der Waals surface area contributed by atoms with Gasteiger partial charge < -0.3 is 19.3 Å². The third kappa shape index (κ3) is 5.01. The number of carbonyl (C=O) groups is 1. The molecule has 2 N–H and O–H groups in total. The summed E-state index contributed by atoms with van der Waals surface area (Å²) >= 11 is 1.99. The fraction of sp³-hybridized carbons (Fsp3) is 0.222. The van der Waals surface area contributed by atoms with Crippen LogP contribution in [0, 0.1) is 3.57 Å². The first-order valence-electron chi connectivity index (χ1n) is 7.57. The van der Waals surface area contributed by atoms with E-state index in [2.05, 4.69) is 10.5 Å². The quantitative estimate of drug-likeness (QED) is 0.369. The molecule has 26 heavy (non-hydrogen) atoms. The van der Waals surface area contributed by atoms with Crippen LogP contribution in [0.3, 0.4) is 0 Å². The summed E-state index contributed by atoms with van der Waals surface area (Å²) in [6.45, 7) is 0. The maximum Gasteiger partial charge on any atom is 0.244 e. The zero-order chi connectivity index (χ0) is 19.1. The summed E-state index contributed by atoms with van der Waals surface area (Å²) in [5.41, 5.74) is 3.93. The number of benzene rings is 2. The number of hydrogen-bond donors (Lipinski definition) is 2. The molecule has 0 aliphatic carbocycles. The average molecular weight is 470 g/mol. The Morgan fingerprint density at radius 2 is 1.81 bits per heavy atom. The molecule has 0 aliphatic heterocycles. The molecule has 0 bridgehead atoms. The lowest BCUT2D eigenvalue weighted by atomic mass is 10.1. The Bertz CT molecular complexity index is 823. The number of nitrogens with one attached hydrogen (secondary N) is 1. The van der Waals surface area contributed by atoms with Gasteiger partial charge in [0.2, 0.25) is 5.91 Å². The summed E-state index contributed by atoms with van der Waals surface area (Å²) in [7, 11) is 4.56. The topological polar surface area (TPSA) is 89.4 Å². The summed E-state index contributed by atoms with van der Waals surface area (Å²) in [5.74, 6) is 1.31. The molecule has 0 spiro atoms. The van der Waals surface area contributed by atoms with E-state index in [1.54, 1.807) is 44.6 Å². The van der Waals surface area contributed by atoms with Gasteiger partial charge in [-0.15, -0.1) is 0 Å². The Balaban J connectivity index is 2.01. The number of rotatable bonds is 7. The van der Waals surface area contributed by atoms with E-state index in [0.29, 0.717) is 26.4 Å². The van der Waals surface area contributed by atoms with Crippen LogP contribution in [-0.2, 0) is 11.2 Å². The minimum Gasteiger partial charge on any atom is -0.504 e. The van der Waals surface area contributed by atoms with E-state index in [4.69, 9.17) is 14.2 Å². The monoisotopic (exact) mass is 470 g/mol. The molecule has 2 aromatic rings. The van der Waals surface area contributed by atoms with Crippen LogP contribution in [0.25, 0.3) is 0 Å². The summed E-state index contributed by atoms with van der Waals surface area (Å²) < 4.78 is 16.1. The predicted octanol–water partition coefficient (Wildman–Crippen LogP) is 2.72. The number of methoxy groups -OCH3 is 3. The van der Waals surface area contributed by atoms with Crippen molar-refractivity contribution >= 4 is 34.7 Å². The van der Waals surface area contributed by atoms with E-state index in [1.807, 2.05) is 22.6 Å². The number of hydrogen-bond acceptors (Lipinski definition) is 6. The predicted molar refractivity (Wildman–Crippen MR) is 106 cm³/mol. The maximum atomic E-state index is 12.0. The zero-order valence-corrected chi connectivity index (χ0v) is 16.7. The molecule has 0 saturated heterocycles. The lowest BCUT2D eigenvalue weighted by Crippen LogP contribution is -2.19. The lowest BCUT2D eigenvalue weighted by molar-refractivity contribution is -0.120. The van der Waals surface area contributed by atoms with Gasteiger partial charge in [0.15, 0.2) is 23.0 Å². The van der Waals surface area contributed by atoms with Crippen LogP contribution in [0.5, 0.6) is 23.0 Å². The van der Waals surface area contributed by atoms with Gasteiger partial charge in [0.05, 0.1) is 37.5 Å². The number of ether oxygens (including phenoxy) is 3. The second-order valence-electron chi connectivity index (χ2n) is 5.21. The SMILES string of the molecule is COc1ccc(CC(=O)N/N=C/c2cc(I)c(O)c(OC)c2)cc1OC. The normalized spacial score (nSPS) is 10.6. The third-order valence-electron chi connectivity index (χ3n) is 3.49. The van der Waals surface area contributed by atoms with Gasteiger partial charge in [0.25, 0.3) is 0 Å². The second-order valence-corrected chi connectivity index (χ2v) is 6.38. The van der Waals surface area contributed by atoms with Gasteiger partial charge in [-0.25, -0.2) is 5.43 Å². The molecule has 138 valence electrons. The number of halogens is 1. The second kappa shape index (κ2) is 9.27. The Morgan fingerprint density at radius 3 is 2.46 bits per heavy atom. The molecule has 0 unspecified atom stereocenters. The van der Waals surface area contributed by atoms with Crippen LogP contribution in [0.15, 0.2) is 35.4 Å². The standard InChI is InChI=1S/C18H19IN2O5/c1-24-14-5-4-11(7-15(14)25-2)9-17(22)21-20-10-12-6-13(19)18(23)16(8-12)26-3/h4-8,10,23H,9H2,1-3H3,(H,21,22)/b20-10+. The van der Waals surface area contributed by atoms with Crippen molar-refractivity contribution in [1.82, 2.24) is 5.43 Å². The highest BCUT2D eigenvalue weighted by Crippen LogP contribution is 2.31. The summed E-state index contributed by atoms with van der Waals surface area (Å²) in [4.78, 5) is 12.0. The van der Waals surface area contributed by atoms with Gasteiger partial charge in [-0.3, -0.25) is 4.79 Å². The molecule has 0 radical (unpaired) electrons. The van der Waals surface area contributed by atoms with E-state index in [9.17, 15) is 9.90 Å². The van der Waals surface area contributed by atoms with Crippen molar-refractivity contribution in [1.29, 1.82) is 0 Å². The molecule has 7 nitrogen and oxygen atoms in total. The zero-order valence-electron chi connectivity index (χ0n) is 14.6. The van der Waals surface area contributed by atoms with E-state index < -0.39 is 0 Å². The first-order valence-corrected chi connectivity index (χ1v) is 8.65. The summed E-state index contributed by atoms with van der Waals surface area (Å²) in [5, 5.41) is 13.8. The van der Waals surface area contributed by atoms with E-state index >= 15 is 0 Å². The lowest BCUT2D eigenvalue weighted by Gasteiger charge is -2.09. The van der Waals surface area contributed by atoms with Crippen LogP contribution >= 0.6 is 22.6 Å². The van der Waals surface area contributed by atoms with Gasteiger partial charge in [0.1, 0.15) is 0 Å². The number of nitrogens with zero attached hydrogens (tertiary/aromatic N) is 1. The van der Waals surface area contributed by atoms with Crippen LogP contribution in [-0.4, -0.2) is 38.6 Å². The first-order chi connectivity index (χ1) is 12.5. The Hall–Kier alpha value is -2.49. The molecular weight excluding hydrogens is 451 g/mol. The molecule has 0 aliphatic rings. The molecule has 0 saturated carbocycles. The van der Waals surface area contributed by atoms with Gasteiger partial charge >= 0.3 is 0 Å². The molecule has 1 amide bonds. The van der Waals surface area contributed by atoms with E-state index in [0.717, 1.165) is 5.56 Å². The van der Waals surface area contributed by atoms with Crippen molar-refractivity contribution in [2.75, 3.05) is 21.3 Å².